The maximum Gasteiger partial charge on any atom is 0.0993 e. The minimum absolute atomic E-state index is 0.0981. The third-order valence-corrected chi connectivity index (χ3v) is 9.73. The van der Waals surface area contributed by atoms with Gasteiger partial charge in [-0.1, -0.05) is 74.5 Å². The quantitative estimate of drug-likeness (QED) is 0.206. The summed E-state index contributed by atoms with van der Waals surface area (Å²) in [5, 5.41) is 24.4. The molecule has 0 unspecified atom stereocenters. The Morgan fingerprint density at radius 3 is 1.73 bits per heavy atom. The number of rotatable bonds is 2. The molecule has 0 amide bonds. The lowest BCUT2D eigenvalue weighted by Crippen LogP contribution is -2.14. The smallest absolute Gasteiger partial charge is 0.0993 e. The van der Waals surface area contributed by atoms with Crippen molar-refractivity contribution in [3.05, 3.63) is 144 Å². The minimum atomic E-state index is -0.0981. The zero-order chi connectivity index (χ0) is 30.4. The van der Waals surface area contributed by atoms with E-state index in [1.54, 1.807) is 0 Å². The van der Waals surface area contributed by atoms with Gasteiger partial charge in [0.15, 0.2) is 0 Å². The fourth-order valence-electron chi connectivity index (χ4n) is 7.68. The Labute approximate surface area is 260 Å². The zero-order valence-electron chi connectivity index (χ0n) is 24.8. The number of aromatic nitrogens is 2. The second kappa shape index (κ2) is 8.96. The van der Waals surface area contributed by atoms with E-state index in [0.717, 1.165) is 44.2 Å². The van der Waals surface area contributed by atoms with Crippen molar-refractivity contribution in [1.82, 2.24) is 9.13 Å². The molecule has 8 aromatic rings. The molecule has 0 N–H and O–H groups in total. The van der Waals surface area contributed by atoms with Gasteiger partial charge in [-0.15, -0.1) is 0 Å². The molecule has 0 bridgehead atoms. The molecule has 2 aromatic heterocycles. The highest BCUT2D eigenvalue weighted by molar-refractivity contribution is 6.12. The van der Waals surface area contributed by atoms with Crippen LogP contribution in [-0.2, 0) is 5.41 Å². The molecule has 0 saturated carbocycles. The Hall–Kier alpha value is -6.10. The molecule has 0 aliphatic heterocycles. The Bertz CT molecular complexity index is 2650. The van der Waals surface area contributed by atoms with Gasteiger partial charge in [-0.05, 0) is 82.9 Å². The molecule has 0 fully saturated rings. The van der Waals surface area contributed by atoms with Crippen LogP contribution in [0.5, 0.6) is 0 Å². The van der Waals surface area contributed by atoms with Crippen molar-refractivity contribution in [3.8, 4) is 34.6 Å². The number of benzene rings is 6. The Morgan fingerprint density at radius 2 is 1.04 bits per heavy atom. The molecular formula is C41H26N4. The first-order chi connectivity index (χ1) is 22.0. The van der Waals surface area contributed by atoms with Crippen LogP contribution in [0.25, 0.3) is 66.1 Å². The number of para-hydroxylation sites is 2. The van der Waals surface area contributed by atoms with Gasteiger partial charge < -0.3 is 9.13 Å². The molecule has 4 nitrogen and oxygen atoms in total. The maximum absolute atomic E-state index is 10.3. The van der Waals surface area contributed by atoms with E-state index in [-0.39, 0.29) is 5.41 Å². The molecule has 45 heavy (non-hydrogen) atoms. The van der Waals surface area contributed by atoms with Gasteiger partial charge >= 0.3 is 0 Å². The number of hydrogen-bond donors (Lipinski definition) is 0. The number of hydrogen-bond acceptors (Lipinski definition) is 2. The molecule has 9 rings (SSSR count). The van der Waals surface area contributed by atoms with E-state index in [9.17, 15) is 10.5 Å². The Morgan fingerprint density at radius 1 is 0.467 bits per heavy atom. The standard InChI is InChI=1S/C41H26N4/c1-41(2)35-12-6-3-9-29(35)32-22-40-34(21-36(32)41)31-11-5-8-14-38(31)45(40)28-18-26(24-43)17-27(20-28)44-37-13-7-4-10-30(37)33-19-25(23-42)15-16-39(33)44/h3-22H,1-2H3. The molecule has 0 radical (unpaired) electrons. The molecule has 210 valence electrons. The van der Waals surface area contributed by atoms with Crippen LogP contribution < -0.4 is 0 Å². The number of fused-ring (bicyclic) bond motifs is 9. The molecule has 0 spiro atoms. The first-order valence-electron chi connectivity index (χ1n) is 15.1. The number of nitriles is 2. The van der Waals surface area contributed by atoms with Crippen LogP contribution in [-0.4, -0.2) is 9.13 Å². The van der Waals surface area contributed by atoms with E-state index in [4.69, 9.17) is 0 Å². The van der Waals surface area contributed by atoms with Crippen molar-refractivity contribution in [2.45, 2.75) is 19.3 Å². The van der Waals surface area contributed by atoms with Gasteiger partial charge in [0.25, 0.3) is 0 Å². The SMILES string of the molecule is CC1(C)c2ccccc2-c2cc3c(cc21)c1ccccc1n3-c1cc(C#N)cc(-n2c3ccccc3c3cc(C#N)ccc32)c1. The molecule has 6 aromatic carbocycles. The summed E-state index contributed by atoms with van der Waals surface area (Å²) in [5.41, 5.74) is 12.4. The van der Waals surface area contributed by atoms with Gasteiger partial charge in [-0.3, -0.25) is 0 Å². The lowest BCUT2D eigenvalue weighted by atomic mass is 9.82. The summed E-state index contributed by atoms with van der Waals surface area (Å²) in [6.07, 6.45) is 0. The summed E-state index contributed by atoms with van der Waals surface area (Å²) < 4.78 is 4.52. The van der Waals surface area contributed by atoms with Crippen molar-refractivity contribution < 1.29 is 0 Å². The first kappa shape index (κ1) is 25.4. The fourth-order valence-corrected chi connectivity index (χ4v) is 7.68. The summed E-state index contributed by atoms with van der Waals surface area (Å²) in [6, 6.07) is 47.0. The molecule has 0 atom stereocenters. The molecule has 1 aliphatic rings. The van der Waals surface area contributed by atoms with Crippen LogP contribution in [0.4, 0.5) is 0 Å². The van der Waals surface area contributed by atoms with Gasteiger partial charge in [-0.2, -0.15) is 10.5 Å². The molecule has 0 saturated heterocycles. The summed E-state index contributed by atoms with van der Waals surface area (Å²) in [4.78, 5) is 0. The monoisotopic (exact) mass is 574 g/mol. The van der Waals surface area contributed by atoms with E-state index < -0.39 is 0 Å². The predicted octanol–water partition coefficient (Wildman–Crippen LogP) is 9.93. The third-order valence-electron chi connectivity index (χ3n) is 9.73. The average molecular weight is 575 g/mol. The highest BCUT2D eigenvalue weighted by Gasteiger charge is 2.36. The van der Waals surface area contributed by atoms with Crippen molar-refractivity contribution in [1.29, 1.82) is 10.5 Å². The normalized spacial score (nSPS) is 13.2. The van der Waals surface area contributed by atoms with Gasteiger partial charge in [0.1, 0.15) is 0 Å². The van der Waals surface area contributed by atoms with Crippen LogP contribution >= 0.6 is 0 Å². The summed E-state index contributed by atoms with van der Waals surface area (Å²) in [7, 11) is 0. The average Bonchev–Trinajstić information content (AvgIpc) is 3.66. The summed E-state index contributed by atoms with van der Waals surface area (Å²) in [6.45, 7) is 4.63. The third kappa shape index (κ3) is 3.40. The van der Waals surface area contributed by atoms with Gasteiger partial charge in [0, 0.05) is 38.3 Å². The lowest BCUT2D eigenvalue weighted by molar-refractivity contribution is 0.661. The topological polar surface area (TPSA) is 57.4 Å². The summed E-state index contributed by atoms with van der Waals surface area (Å²) in [5.74, 6) is 0. The van der Waals surface area contributed by atoms with Crippen LogP contribution in [0, 0.1) is 22.7 Å². The lowest BCUT2D eigenvalue weighted by Gasteiger charge is -2.21. The van der Waals surface area contributed by atoms with Gasteiger partial charge in [0.2, 0.25) is 0 Å². The molecule has 1 aliphatic carbocycles. The Balaban J connectivity index is 1.37. The van der Waals surface area contributed by atoms with Crippen LogP contribution in [0.3, 0.4) is 0 Å². The molecular weight excluding hydrogens is 548 g/mol. The predicted molar refractivity (Wildman–Crippen MR) is 182 cm³/mol. The van der Waals surface area contributed by atoms with E-state index >= 15 is 0 Å². The Kier molecular flexibility index (Phi) is 5.06. The van der Waals surface area contributed by atoms with Gasteiger partial charge in [0.05, 0.1) is 45.3 Å². The minimum Gasteiger partial charge on any atom is -0.309 e. The van der Waals surface area contributed by atoms with Crippen molar-refractivity contribution in [2.75, 3.05) is 0 Å². The van der Waals surface area contributed by atoms with Crippen molar-refractivity contribution in [2.24, 2.45) is 0 Å². The second-order valence-corrected chi connectivity index (χ2v) is 12.5. The van der Waals surface area contributed by atoms with Crippen LogP contribution in [0.1, 0.15) is 36.1 Å². The maximum atomic E-state index is 10.3. The van der Waals surface area contributed by atoms with E-state index in [1.165, 1.54) is 33.0 Å². The van der Waals surface area contributed by atoms with E-state index in [1.807, 2.05) is 42.5 Å². The largest absolute Gasteiger partial charge is 0.309 e. The van der Waals surface area contributed by atoms with Crippen LogP contribution in [0.2, 0.25) is 0 Å². The molecule has 4 heteroatoms. The molecule has 2 heterocycles. The highest BCUT2D eigenvalue weighted by atomic mass is 15.0. The highest BCUT2D eigenvalue weighted by Crippen LogP contribution is 2.51. The summed E-state index contributed by atoms with van der Waals surface area (Å²) >= 11 is 0. The number of nitrogens with zero attached hydrogens (tertiary/aromatic N) is 4. The van der Waals surface area contributed by atoms with E-state index in [0.29, 0.717) is 11.1 Å². The van der Waals surface area contributed by atoms with Crippen molar-refractivity contribution >= 4 is 43.6 Å². The second-order valence-electron chi connectivity index (χ2n) is 12.5. The van der Waals surface area contributed by atoms with Gasteiger partial charge in [-0.25, -0.2) is 0 Å². The zero-order valence-corrected chi connectivity index (χ0v) is 24.8. The van der Waals surface area contributed by atoms with E-state index in [2.05, 4.69) is 114 Å². The van der Waals surface area contributed by atoms with Crippen LogP contribution in [0.15, 0.2) is 121 Å². The van der Waals surface area contributed by atoms with Crippen molar-refractivity contribution in [3.63, 3.8) is 0 Å². The first-order valence-corrected chi connectivity index (χ1v) is 15.1. The fraction of sp³-hybridized carbons (Fsp3) is 0.0732.